The summed E-state index contributed by atoms with van der Waals surface area (Å²) >= 11 is 1.52. The highest BCUT2D eigenvalue weighted by atomic mass is 32.2. The first-order valence-corrected chi connectivity index (χ1v) is 11.7. The molecule has 0 unspecified atom stereocenters. The number of hydrogen-bond donors (Lipinski definition) is 3. The van der Waals surface area contributed by atoms with E-state index in [1.165, 1.54) is 18.1 Å². The Balaban J connectivity index is 1.46. The Morgan fingerprint density at radius 3 is 2.57 bits per heavy atom. The van der Waals surface area contributed by atoms with Crippen molar-refractivity contribution in [3.63, 3.8) is 0 Å². The van der Waals surface area contributed by atoms with E-state index in [9.17, 15) is 13.2 Å². The molecule has 1 heterocycles. The molecule has 1 amide bonds. The van der Waals surface area contributed by atoms with Gasteiger partial charge in [0.1, 0.15) is 6.33 Å². The zero-order valence-electron chi connectivity index (χ0n) is 16.7. The van der Waals surface area contributed by atoms with Crippen LogP contribution in [0.5, 0.6) is 0 Å². The number of benzene rings is 2. The van der Waals surface area contributed by atoms with Gasteiger partial charge in [0.05, 0.1) is 4.90 Å². The van der Waals surface area contributed by atoms with Crippen LogP contribution in [0.1, 0.15) is 27.0 Å². The van der Waals surface area contributed by atoms with Crippen LogP contribution < -0.4 is 10.0 Å². The molecule has 30 heavy (non-hydrogen) atoms. The summed E-state index contributed by atoms with van der Waals surface area (Å²) in [6.45, 7) is 3.89. The smallest absolute Gasteiger partial charge is 0.251 e. The molecule has 3 rings (SSSR count). The second-order valence-corrected chi connectivity index (χ2v) is 9.40. The summed E-state index contributed by atoms with van der Waals surface area (Å²) in [5.41, 5.74) is 3.12. The lowest BCUT2D eigenvalue weighted by molar-refractivity contribution is 0.0954. The summed E-state index contributed by atoms with van der Waals surface area (Å²) in [7, 11) is -3.62. The summed E-state index contributed by atoms with van der Waals surface area (Å²) < 4.78 is 27.5. The number of amides is 1. The molecule has 0 aliphatic heterocycles. The molecular formula is C20H23N5O3S2. The number of sulfonamides is 1. The molecule has 0 aliphatic rings. The molecule has 0 radical (unpaired) electrons. The maximum Gasteiger partial charge on any atom is 0.251 e. The Kier molecular flexibility index (Phi) is 7.24. The molecule has 3 aromatic rings. The number of rotatable bonds is 9. The van der Waals surface area contributed by atoms with E-state index in [1.54, 1.807) is 31.2 Å². The Bertz CT molecular complexity index is 1100. The summed E-state index contributed by atoms with van der Waals surface area (Å²) in [6.07, 6.45) is 1.46. The first-order valence-electron chi connectivity index (χ1n) is 9.27. The van der Waals surface area contributed by atoms with Gasteiger partial charge in [0.2, 0.25) is 10.0 Å². The van der Waals surface area contributed by atoms with Crippen LogP contribution in [-0.2, 0) is 15.8 Å². The van der Waals surface area contributed by atoms with E-state index in [-0.39, 0.29) is 23.9 Å². The number of aromatic amines is 1. The number of hydrogen-bond acceptors (Lipinski definition) is 6. The van der Waals surface area contributed by atoms with E-state index >= 15 is 0 Å². The molecule has 0 fully saturated rings. The van der Waals surface area contributed by atoms with Crippen molar-refractivity contribution in [2.24, 2.45) is 0 Å². The average molecular weight is 446 g/mol. The first kappa shape index (κ1) is 22.0. The van der Waals surface area contributed by atoms with Crippen molar-refractivity contribution in [1.29, 1.82) is 0 Å². The number of nitrogens with zero attached hydrogens (tertiary/aromatic N) is 2. The standard InChI is InChI=1S/C20H23N5O3S2/c1-14-3-4-15(2)18(11-14)30(27,28)24-10-9-21-19(26)17-7-5-16(6-8-17)12-29-20-22-13-23-25-20/h3-8,11,13,24H,9-10,12H2,1-2H3,(H,21,26)(H,22,23,25). The van der Waals surface area contributed by atoms with Crippen LogP contribution in [-0.4, -0.2) is 42.6 Å². The van der Waals surface area contributed by atoms with Crippen molar-refractivity contribution in [2.45, 2.75) is 29.7 Å². The van der Waals surface area contributed by atoms with Crippen molar-refractivity contribution in [3.05, 3.63) is 71.0 Å². The van der Waals surface area contributed by atoms with Gasteiger partial charge in [-0.25, -0.2) is 18.1 Å². The van der Waals surface area contributed by atoms with E-state index < -0.39 is 10.0 Å². The predicted molar refractivity (Wildman–Crippen MR) is 116 cm³/mol. The minimum Gasteiger partial charge on any atom is -0.351 e. The number of nitrogens with one attached hydrogen (secondary N) is 3. The second kappa shape index (κ2) is 9.88. The van der Waals surface area contributed by atoms with Gasteiger partial charge in [-0.05, 0) is 48.7 Å². The van der Waals surface area contributed by atoms with Gasteiger partial charge in [-0.1, -0.05) is 36.0 Å². The minimum absolute atomic E-state index is 0.105. The van der Waals surface area contributed by atoms with Gasteiger partial charge in [0, 0.05) is 24.4 Å². The number of aromatic nitrogens is 3. The van der Waals surface area contributed by atoms with Crippen molar-refractivity contribution < 1.29 is 13.2 Å². The Hall–Kier alpha value is -2.69. The van der Waals surface area contributed by atoms with Crippen LogP contribution in [0.25, 0.3) is 0 Å². The number of H-pyrrole nitrogens is 1. The monoisotopic (exact) mass is 445 g/mol. The molecule has 2 aromatic carbocycles. The van der Waals surface area contributed by atoms with Crippen LogP contribution in [0.4, 0.5) is 0 Å². The third kappa shape index (κ3) is 5.91. The maximum absolute atomic E-state index is 12.5. The quantitative estimate of drug-likeness (QED) is 0.344. The Morgan fingerprint density at radius 1 is 1.10 bits per heavy atom. The number of carbonyl (C=O) groups excluding carboxylic acids is 1. The highest BCUT2D eigenvalue weighted by Gasteiger charge is 2.16. The second-order valence-electron chi connectivity index (χ2n) is 6.70. The van der Waals surface area contributed by atoms with Crippen LogP contribution in [0.15, 0.2) is 58.8 Å². The molecule has 0 atom stereocenters. The number of aryl methyl sites for hydroxylation is 2. The normalized spacial score (nSPS) is 11.4. The molecule has 1 aromatic heterocycles. The molecule has 158 valence electrons. The van der Waals surface area contributed by atoms with Crippen molar-refractivity contribution in [3.8, 4) is 0 Å². The topological polar surface area (TPSA) is 117 Å². The highest BCUT2D eigenvalue weighted by molar-refractivity contribution is 7.98. The number of thioether (sulfide) groups is 1. The summed E-state index contributed by atoms with van der Waals surface area (Å²) in [5, 5.41) is 10.0. The minimum atomic E-state index is -3.62. The van der Waals surface area contributed by atoms with E-state index in [0.29, 0.717) is 16.9 Å². The summed E-state index contributed by atoms with van der Waals surface area (Å²) in [6, 6.07) is 12.5. The third-order valence-electron chi connectivity index (χ3n) is 4.32. The van der Waals surface area contributed by atoms with E-state index in [4.69, 9.17) is 0 Å². The predicted octanol–water partition coefficient (Wildman–Crippen LogP) is 2.42. The molecule has 0 spiro atoms. The molecule has 0 bridgehead atoms. The molecule has 0 aliphatic carbocycles. The number of carbonyl (C=O) groups is 1. The van der Waals surface area contributed by atoms with Gasteiger partial charge >= 0.3 is 0 Å². The lowest BCUT2D eigenvalue weighted by Gasteiger charge is -2.11. The van der Waals surface area contributed by atoms with Crippen LogP contribution in [0, 0.1) is 13.8 Å². The first-order chi connectivity index (χ1) is 14.3. The summed E-state index contributed by atoms with van der Waals surface area (Å²) in [4.78, 5) is 16.6. The summed E-state index contributed by atoms with van der Waals surface area (Å²) in [5.74, 6) is 0.451. The van der Waals surface area contributed by atoms with Gasteiger partial charge in [-0.2, -0.15) is 5.10 Å². The van der Waals surface area contributed by atoms with Gasteiger partial charge < -0.3 is 5.32 Å². The zero-order valence-corrected chi connectivity index (χ0v) is 18.3. The van der Waals surface area contributed by atoms with Gasteiger partial charge in [0.25, 0.3) is 5.91 Å². The van der Waals surface area contributed by atoms with Crippen molar-refractivity contribution in [1.82, 2.24) is 25.2 Å². The molecule has 0 saturated heterocycles. The van der Waals surface area contributed by atoms with Crippen molar-refractivity contribution >= 4 is 27.7 Å². The van der Waals surface area contributed by atoms with E-state index in [2.05, 4.69) is 25.2 Å². The molecule has 10 heteroatoms. The van der Waals surface area contributed by atoms with E-state index in [1.807, 2.05) is 25.1 Å². The van der Waals surface area contributed by atoms with Crippen LogP contribution >= 0.6 is 11.8 Å². The molecule has 0 saturated carbocycles. The maximum atomic E-state index is 12.5. The third-order valence-corrected chi connectivity index (χ3v) is 6.87. The Labute approximate surface area is 179 Å². The fourth-order valence-electron chi connectivity index (χ4n) is 2.71. The zero-order chi connectivity index (χ0) is 21.6. The Morgan fingerprint density at radius 2 is 1.87 bits per heavy atom. The molecule has 3 N–H and O–H groups in total. The van der Waals surface area contributed by atoms with E-state index in [0.717, 1.165) is 16.3 Å². The van der Waals surface area contributed by atoms with Gasteiger partial charge in [0.15, 0.2) is 5.16 Å². The lowest BCUT2D eigenvalue weighted by atomic mass is 10.1. The average Bonchev–Trinajstić information content (AvgIpc) is 3.25. The molecular weight excluding hydrogens is 422 g/mol. The van der Waals surface area contributed by atoms with Crippen LogP contribution in [0.2, 0.25) is 0 Å². The van der Waals surface area contributed by atoms with Gasteiger partial charge in [-0.15, -0.1) is 0 Å². The molecule has 8 nitrogen and oxygen atoms in total. The lowest BCUT2D eigenvalue weighted by Crippen LogP contribution is -2.35. The van der Waals surface area contributed by atoms with Crippen molar-refractivity contribution in [2.75, 3.05) is 13.1 Å². The largest absolute Gasteiger partial charge is 0.351 e. The fraction of sp³-hybridized carbons (Fsp3) is 0.250. The van der Waals surface area contributed by atoms with Crippen LogP contribution in [0.3, 0.4) is 0 Å². The fourth-order valence-corrected chi connectivity index (χ4v) is 4.80. The highest BCUT2D eigenvalue weighted by Crippen LogP contribution is 2.18. The SMILES string of the molecule is Cc1ccc(C)c(S(=O)(=O)NCCNC(=O)c2ccc(CSc3ncn[nH]3)cc2)c1. The van der Waals surface area contributed by atoms with Gasteiger partial charge in [-0.3, -0.25) is 9.89 Å².